The van der Waals surface area contributed by atoms with Crippen LogP contribution >= 0.6 is 15.9 Å². The topological polar surface area (TPSA) is 56.3 Å². The molecule has 1 aromatic carbocycles. The van der Waals surface area contributed by atoms with E-state index in [1.54, 1.807) is 0 Å². The molecule has 1 aromatic heterocycles. The highest BCUT2D eigenvalue weighted by atomic mass is 79.9. The first kappa shape index (κ1) is 14.4. The lowest BCUT2D eigenvalue weighted by atomic mass is 10.1. The molecule has 0 aliphatic carbocycles. The van der Waals surface area contributed by atoms with Crippen LogP contribution in [-0.4, -0.2) is 36.8 Å². The number of anilines is 1. The fourth-order valence-electron chi connectivity index (χ4n) is 2.20. The average Bonchev–Trinajstić information content (AvgIpc) is 2.56. The van der Waals surface area contributed by atoms with E-state index < -0.39 is 0 Å². The Balaban J connectivity index is 2.06. The molecule has 0 bridgehead atoms. The lowest BCUT2D eigenvalue weighted by molar-refractivity contribution is -0.0934. The molecule has 3 rings (SSSR count). The Kier molecular flexibility index (Phi) is 4.48. The maximum atomic E-state index is 5.70. The minimum absolute atomic E-state index is 0.221. The van der Waals surface area contributed by atoms with Crippen molar-refractivity contribution >= 4 is 21.7 Å². The van der Waals surface area contributed by atoms with Gasteiger partial charge in [-0.1, -0.05) is 30.3 Å². The van der Waals surface area contributed by atoms with Crippen molar-refractivity contribution in [2.75, 3.05) is 32.2 Å². The van der Waals surface area contributed by atoms with Crippen molar-refractivity contribution in [3.05, 3.63) is 40.6 Å². The highest BCUT2D eigenvalue weighted by Gasteiger charge is 2.23. The Bertz CT molecular complexity index is 616. The molecule has 0 radical (unpaired) electrons. The van der Waals surface area contributed by atoms with Gasteiger partial charge >= 0.3 is 0 Å². The second-order valence-corrected chi connectivity index (χ2v) is 5.44. The van der Waals surface area contributed by atoms with Gasteiger partial charge < -0.3 is 14.8 Å². The average molecular weight is 350 g/mol. The molecule has 1 unspecified atom stereocenters. The van der Waals surface area contributed by atoms with Crippen LogP contribution in [0.4, 0.5) is 5.82 Å². The zero-order valence-corrected chi connectivity index (χ0v) is 13.3. The van der Waals surface area contributed by atoms with E-state index in [9.17, 15) is 0 Å². The summed E-state index contributed by atoms with van der Waals surface area (Å²) in [5, 5.41) is 3.09. The number of halogens is 1. The van der Waals surface area contributed by atoms with E-state index in [1.807, 2.05) is 37.4 Å². The minimum Gasteiger partial charge on any atom is -0.376 e. The molecule has 6 heteroatoms. The van der Waals surface area contributed by atoms with Crippen LogP contribution in [0.5, 0.6) is 0 Å². The minimum atomic E-state index is -0.221. The molecule has 0 spiro atoms. The number of ether oxygens (including phenoxy) is 2. The monoisotopic (exact) mass is 349 g/mol. The Morgan fingerprint density at radius 3 is 2.67 bits per heavy atom. The summed E-state index contributed by atoms with van der Waals surface area (Å²) in [6.07, 6.45) is -0.221. The lowest BCUT2D eigenvalue weighted by Crippen LogP contribution is -2.24. The molecule has 1 N–H and O–H groups in total. The number of rotatable bonds is 3. The van der Waals surface area contributed by atoms with Gasteiger partial charge in [0, 0.05) is 12.6 Å². The predicted molar refractivity (Wildman–Crippen MR) is 84.2 cm³/mol. The SMILES string of the molecule is CNc1nc(C2COCCO2)nc(-c2ccccc2)c1Br. The number of nitrogens with zero attached hydrogens (tertiary/aromatic N) is 2. The predicted octanol–water partition coefficient (Wildman–Crippen LogP) is 3.04. The van der Waals surface area contributed by atoms with E-state index in [2.05, 4.69) is 31.2 Å². The van der Waals surface area contributed by atoms with Gasteiger partial charge in [0.15, 0.2) is 5.82 Å². The zero-order valence-electron chi connectivity index (χ0n) is 11.7. The molecule has 1 atom stereocenters. The molecular weight excluding hydrogens is 334 g/mol. The van der Waals surface area contributed by atoms with Gasteiger partial charge in [0.25, 0.3) is 0 Å². The molecule has 21 heavy (non-hydrogen) atoms. The van der Waals surface area contributed by atoms with Gasteiger partial charge in [0.05, 0.1) is 30.0 Å². The van der Waals surface area contributed by atoms with Gasteiger partial charge in [0.2, 0.25) is 0 Å². The highest BCUT2D eigenvalue weighted by molar-refractivity contribution is 9.10. The van der Waals surface area contributed by atoms with Crippen LogP contribution in [0.3, 0.4) is 0 Å². The third-order valence-corrected chi connectivity index (χ3v) is 4.01. The molecule has 1 saturated heterocycles. The first-order chi connectivity index (χ1) is 10.3. The fourth-order valence-corrected chi connectivity index (χ4v) is 2.80. The van der Waals surface area contributed by atoms with E-state index in [1.165, 1.54) is 0 Å². The van der Waals surface area contributed by atoms with E-state index in [4.69, 9.17) is 9.47 Å². The number of aromatic nitrogens is 2. The number of benzene rings is 1. The quantitative estimate of drug-likeness (QED) is 0.922. The van der Waals surface area contributed by atoms with Gasteiger partial charge in [-0.2, -0.15) is 0 Å². The molecule has 0 saturated carbocycles. The summed E-state index contributed by atoms with van der Waals surface area (Å²) in [7, 11) is 1.84. The Morgan fingerprint density at radius 1 is 1.19 bits per heavy atom. The molecule has 2 heterocycles. The van der Waals surface area contributed by atoms with E-state index in [0.717, 1.165) is 21.5 Å². The van der Waals surface area contributed by atoms with Crippen molar-refractivity contribution in [3.63, 3.8) is 0 Å². The van der Waals surface area contributed by atoms with Crippen LogP contribution in [0.15, 0.2) is 34.8 Å². The first-order valence-corrected chi connectivity index (χ1v) is 7.59. The number of hydrogen-bond donors (Lipinski definition) is 1. The van der Waals surface area contributed by atoms with Gasteiger partial charge in [0.1, 0.15) is 11.9 Å². The van der Waals surface area contributed by atoms with Crippen molar-refractivity contribution < 1.29 is 9.47 Å². The van der Waals surface area contributed by atoms with Crippen LogP contribution in [0.1, 0.15) is 11.9 Å². The van der Waals surface area contributed by atoms with Crippen LogP contribution in [-0.2, 0) is 9.47 Å². The van der Waals surface area contributed by atoms with Gasteiger partial charge in [-0.25, -0.2) is 9.97 Å². The largest absolute Gasteiger partial charge is 0.376 e. The third kappa shape index (κ3) is 3.07. The molecular formula is C15H16BrN3O2. The molecule has 5 nitrogen and oxygen atoms in total. The molecule has 0 amide bonds. The van der Waals surface area contributed by atoms with Crippen LogP contribution in [0.25, 0.3) is 11.3 Å². The van der Waals surface area contributed by atoms with Crippen LogP contribution in [0.2, 0.25) is 0 Å². The molecule has 1 aliphatic rings. The van der Waals surface area contributed by atoms with Crippen LogP contribution in [0, 0.1) is 0 Å². The maximum absolute atomic E-state index is 5.70. The number of hydrogen-bond acceptors (Lipinski definition) is 5. The normalized spacial score (nSPS) is 18.5. The summed E-state index contributed by atoms with van der Waals surface area (Å²) in [5.74, 6) is 1.38. The van der Waals surface area contributed by atoms with Crippen molar-refractivity contribution in [1.82, 2.24) is 9.97 Å². The van der Waals surface area contributed by atoms with Crippen molar-refractivity contribution in [1.29, 1.82) is 0 Å². The zero-order chi connectivity index (χ0) is 14.7. The summed E-state index contributed by atoms with van der Waals surface area (Å²) in [6.45, 7) is 1.68. The molecule has 110 valence electrons. The summed E-state index contributed by atoms with van der Waals surface area (Å²) in [4.78, 5) is 9.20. The first-order valence-electron chi connectivity index (χ1n) is 6.79. The molecule has 1 aliphatic heterocycles. The lowest BCUT2D eigenvalue weighted by Gasteiger charge is -2.23. The molecule has 2 aromatic rings. The van der Waals surface area contributed by atoms with Crippen molar-refractivity contribution in [2.24, 2.45) is 0 Å². The van der Waals surface area contributed by atoms with Gasteiger partial charge in [-0.15, -0.1) is 0 Å². The Hall–Kier alpha value is -1.50. The number of nitrogens with one attached hydrogen (secondary N) is 1. The standard InChI is InChI=1S/C15H16BrN3O2/c1-17-15-12(16)13(10-5-3-2-4-6-10)18-14(19-15)11-9-20-7-8-21-11/h2-6,11H,7-9H2,1H3,(H,17,18,19). The summed E-state index contributed by atoms with van der Waals surface area (Å²) in [5.41, 5.74) is 1.88. The maximum Gasteiger partial charge on any atom is 0.162 e. The fraction of sp³-hybridized carbons (Fsp3) is 0.333. The van der Waals surface area contributed by atoms with Crippen LogP contribution < -0.4 is 5.32 Å². The smallest absolute Gasteiger partial charge is 0.162 e. The summed E-state index contributed by atoms with van der Waals surface area (Å²) >= 11 is 3.58. The van der Waals surface area contributed by atoms with Gasteiger partial charge in [-0.05, 0) is 15.9 Å². The Labute approximate surface area is 131 Å². The van der Waals surface area contributed by atoms with Crippen molar-refractivity contribution in [3.8, 4) is 11.3 Å². The second-order valence-electron chi connectivity index (χ2n) is 4.64. The second kappa shape index (κ2) is 6.51. The summed E-state index contributed by atoms with van der Waals surface area (Å²) < 4.78 is 12.0. The highest BCUT2D eigenvalue weighted by Crippen LogP contribution is 2.33. The van der Waals surface area contributed by atoms with Crippen molar-refractivity contribution in [2.45, 2.75) is 6.10 Å². The summed E-state index contributed by atoms with van der Waals surface area (Å²) in [6, 6.07) is 10.0. The molecule has 1 fully saturated rings. The third-order valence-electron chi connectivity index (χ3n) is 3.26. The van der Waals surface area contributed by atoms with E-state index in [0.29, 0.717) is 25.6 Å². The van der Waals surface area contributed by atoms with Gasteiger partial charge in [-0.3, -0.25) is 0 Å². The Morgan fingerprint density at radius 2 is 2.00 bits per heavy atom. The van der Waals surface area contributed by atoms with E-state index in [-0.39, 0.29) is 6.10 Å². The van der Waals surface area contributed by atoms with E-state index >= 15 is 0 Å².